The van der Waals surface area contributed by atoms with Gasteiger partial charge in [0.05, 0.1) is 0 Å². The first kappa shape index (κ1) is 16.5. The zero-order chi connectivity index (χ0) is 15.6. The molecule has 0 spiro atoms. The van der Waals surface area contributed by atoms with Crippen molar-refractivity contribution in [3.05, 3.63) is 35.6 Å². The normalized spacial score (nSPS) is 15.5. The van der Waals surface area contributed by atoms with Gasteiger partial charge in [0.2, 0.25) is 0 Å². The summed E-state index contributed by atoms with van der Waals surface area (Å²) in [7, 11) is 0. The van der Waals surface area contributed by atoms with Crippen molar-refractivity contribution < 1.29 is 22.7 Å². The van der Waals surface area contributed by atoms with Crippen LogP contribution in [-0.4, -0.2) is 16.9 Å². The Morgan fingerprint density at radius 2 is 1.85 bits per heavy atom. The van der Waals surface area contributed by atoms with Gasteiger partial charge in [-0.15, -0.1) is 12.3 Å². The van der Waals surface area contributed by atoms with Gasteiger partial charge < -0.3 is 5.11 Å². The molecule has 0 aliphatic rings. The van der Waals surface area contributed by atoms with Crippen LogP contribution in [0.3, 0.4) is 0 Å². The Hall–Kier alpha value is -1.54. The molecule has 20 heavy (non-hydrogen) atoms. The molecule has 0 aliphatic carbocycles. The maximum absolute atomic E-state index is 13.2. The molecule has 0 saturated heterocycles. The second kappa shape index (κ2) is 5.45. The number of terminal acetylenes is 1. The Morgan fingerprint density at radius 3 is 2.30 bits per heavy atom. The maximum atomic E-state index is 13.2. The SMILES string of the molecule is C#CC[C@](O)(CC(C)(C)c1cccc(F)c1)C(F)(F)F. The molecule has 0 saturated carbocycles. The summed E-state index contributed by atoms with van der Waals surface area (Å²) in [6.07, 6.45) is -1.40. The quantitative estimate of drug-likeness (QED) is 0.660. The van der Waals surface area contributed by atoms with Crippen molar-refractivity contribution in [1.82, 2.24) is 0 Å². The van der Waals surface area contributed by atoms with Gasteiger partial charge in [-0.2, -0.15) is 13.2 Å². The molecule has 0 amide bonds. The highest BCUT2D eigenvalue weighted by Crippen LogP contribution is 2.42. The highest BCUT2D eigenvalue weighted by Gasteiger charge is 2.55. The standard InChI is InChI=1S/C15H16F4O/c1-4-8-14(20,15(17,18)19)10-13(2,3)11-6-5-7-12(16)9-11/h1,5-7,9,20H,8,10H2,2-3H3/t14-/m0/s1. The molecule has 0 heterocycles. The van der Waals surface area contributed by atoms with Gasteiger partial charge in [0.25, 0.3) is 0 Å². The van der Waals surface area contributed by atoms with Gasteiger partial charge in [0.1, 0.15) is 5.82 Å². The Balaban J connectivity index is 3.13. The van der Waals surface area contributed by atoms with E-state index in [4.69, 9.17) is 6.42 Å². The molecule has 5 heteroatoms. The summed E-state index contributed by atoms with van der Waals surface area (Å²) in [6, 6.07) is 5.31. The minimum Gasteiger partial charge on any atom is -0.380 e. The summed E-state index contributed by atoms with van der Waals surface area (Å²) in [5.41, 5.74) is -3.70. The number of halogens is 4. The Kier molecular flexibility index (Phi) is 4.50. The summed E-state index contributed by atoms with van der Waals surface area (Å²) >= 11 is 0. The molecule has 1 atom stereocenters. The van der Waals surface area contributed by atoms with Crippen LogP contribution < -0.4 is 0 Å². The van der Waals surface area contributed by atoms with Crippen LogP contribution in [0.25, 0.3) is 0 Å². The zero-order valence-corrected chi connectivity index (χ0v) is 11.3. The highest BCUT2D eigenvalue weighted by atomic mass is 19.4. The summed E-state index contributed by atoms with van der Waals surface area (Å²) in [5, 5.41) is 9.85. The van der Waals surface area contributed by atoms with Crippen molar-refractivity contribution in [2.75, 3.05) is 0 Å². The van der Waals surface area contributed by atoms with Crippen molar-refractivity contribution in [3.8, 4) is 12.3 Å². The predicted octanol–water partition coefficient (Wildman–Crippen LogP) is 3.81. The smallest absolute Gasteiger partial charge is 0.380 e. The van der Waals surface area contributed by atoms with E-state index in [0.29, 0.717) is 5.56 Å². The topological polar surface area (TPSA) is 20.2 Å². The minimum atomic E-state index is -4.84. The van der Waals surface area contributed by atoms with E-state index in [1.165, 1.54) is 32.0 Å². The molecule has 1 rings (SSSR count). The summed E-state index contributed by atoms with van der Waals surface area (Å²) in [5.74, 6) is 1.32. The molecule has 0 aromatic heterocycles. The number of hydrogen-bond donors (Lipinski definition) is 1. The second-order valence-corrected chi connectivity index (χ2v) is 5.48. The van der Waals surface area contributed by atoms with Crippen LogP contribution in [0.4, 0.5) is 17.6 Å². The van der Waals surface area contributed by atoms with Crippen LogP contribution in [0.2, 0.25) is 0 Å². The lowest BCUT2D eigenvalue weighted by Crippen LogP contribution is -2.48. The van der Waals surface area contributed by atoms with E-state index in [9.17, 15) is 22.7 Å². The molecule has 0 unspecified atom stereocenters. The molecule has 1 nitrogen and oxygen atoms in total. The van der Waals surface area contributed by atoms with Crippen molar-refractivity contribution >= 4 is 0 Å². The average molecular weight is 288 g/mol. The third-order valence-electron chi connectivity index (χ3n) is 3.26. The lowest BCUT2D eigenvalue weighted by Gasteiger charge is -2.37. The van der Waals surface area contributed by atoms with Crippen molar-refractivity contribution in [2.45, 2.75) is 43.9 Å². The van der Waals surface area contributed by atoms with E-state index < -0.39 is 35.9 Å². The lowest BCUT2D eigenvalue weighted by molar-refractivity contribution is -0.264. The zero-order valence-electron chi connectivity index (χ0n) is 11.3. The van der Waals surface area contributed by atoms with Crippen LogP contribution in [0.5, 0.6) is 0 Å². The van der Waals surface area contributed by atoms with E-state index in [2.05, 4.69) is 0 Å². The maximum Gasteiger partial charge on any atom is 0.418 e. The molecule has 0 bridgehead atoms. The van der Waals surface area contributed by atoms with Crippen molar-refractivity contribution in [1.29, 1.82) is 0 Å². The molecule has 1 N–H and O–H groups in total. The van der Waals surface area contributed by atoms with E-state index in [-0.39, 0.29) is 0 Å². The van der Waals surface area contributed by atoms with Gasteiger partial charge in [0.15, 0.2) is 5.60 Å². The van der Waals surface area contributed by atoms with Gasteiger partial charge >= 0.3 is 6.18 Å². The van der Waals surface area contributed by atoms with Gasteiger partial charge in [0, 0.05) is 6.42 Å². The van der Waals surface area contributed by atoms with Crippen LogP contribution >= 0.6 is 0 Å². The third-order valence-corrected chi connectivity index (χ3v) is 3.26. The fourth-order valence-electron chi connectivity index (χ4n) is 2.17. The minimum absolute atomic E-state index is 0.372. The summed E-state index contributed by atoms with van der Waals surface area (Å²) in [6.45, 7) is 3.02. The fourth-order valence-corrected chi connectivity index (χ4v) is 2.17. The number of alkyl halides is 3. The number of aliphatic hydroxyl groups is 1. The van der Waals surface area contributed by atoms with E-state index in [1.807, 2.05) is 5.92 Å². The van der Waals surface area contributed by atoms with Crippen molar-refractivity contribution in [3.63, 3.8) is 0 Å². The van der Waals surface area contributed by atoms with Crippen LogP contribution in [0.15, 0.2) is 24.3 Å². The van der Waals surface area contributed by atoms with Gasteiger partial charge in [-0.3, -0.25) is 0 Å². The number of hydrogen-bond acceptors (Lipinski definition) is 1. The van der Waals surface area contributed by atoms with E-state index in [0.717, 1.165) is 6.07 Å². The van der Waals surface area contributed by atoms with E-state index >= 15 is 0 Å². The number of benzene rings is 1. The van der Waals surface area contributed by atoms with E-state index in [1.54, 1.807) is 0 Å². The average Bonchev–Trinajstić information content (AvgIpc) is 2.27. The Bertz CT molecular complexity index is 513. The first-order chi connectivity index (χ1) is 9.02. The molecular formula is C15H16F4O. The Labute approximate surface area is 115 Å². The molecule has 1 aromatic carbocycles. The molecule has 0 aliphatic heterocycles. The molecule has 1 aromatic rings. The van der Waals surface area contributed by atoms with Gasteiger partial charge in [-0.25, -0.2) is 4.39 Å². The van der Waals surface area contributed by atoms with Gasteiger partial charge in [-0.05, 0) is 29.5 Å². The highest BCUT2D eigenvalue weighted by molar-refractivity contribution is 5.25. The molecular weight excluding hydrogens is 272 g/mol. The molecule has 0 radical (unpaired) electrons. The first-order valence-corrected chi connectivity index (χ1v) is 6.00. The second-order valence-electron chi connectivity index (χ2n) is 5.48. The summed E-state index contributed by atoms with van der Waals surface area (Å²) in [4.78, 5) is 0. The molecule has 0 fully saturated rings. The van der Waals surface area contributed by atoms with Crippen LogP contribution in [-0.2, 0) is 5.41 Å². The third kappa shape index (κ3) is 3.51. The monoisotopic (exact) mass is 288 g/mol. The molecule has 110 valence electrons. The van der Waals surface area contributed by atoms with Crippen LogP contribution in [0, 0.1) is 18.2 Å². The van der Waals surface area contributed by atoms with Gasteiger partial charge in [-0.1, -0.05) is 26.0 Å². The summed E-state index contributed by atoms with van der Waals surface area (Å²) < 4.78 is 52.2. The fraction of sp³-hybridized carbons (Fsp3) is 0.467. The van der Waals surface area contributed by atoms with Crippen LogP contribution in [0.1, 0.15) is 32.3 Å². The lowest BCUT2D eigenvalue weighted by atomic mass is 9.74. The largest absolute Gasteiger partial charge is 0.418 e. The Morgan fingerprint density at radius 1 is 1.25 bits per heavy atom. The van der Waals surface area contributed by atoms with Crippen molar-refractivity contribution in [2.24, 2.45) is 0 Å². The number of rotatable bonds is 4. The first-order valence-electron chi connectivity index (χ1n) is 6.00. The predicted molar refractivity (Wildman–Crippen MR) is 68.5 cm³/mol.